The minimum atomic E-state index is 0.569. The molecule has 1 fully saturated rings. The molecule has 0 amide bonds. The minimum absolute atomic E-state index is 0.569. The first-order chi connectivity index (χ1) is 3.43. The molecule has 0 bridgehead atoms. The van der Waals surface area contributed by atoms with Crippen molar-refractivity contribution in [2.75, 3.05) is 12.4 Å². The molecule has 0 aromatic heterocycles. The molecule has 1 heterocycles. The van der Waals surface area contributed by atoms with Crippen LogP contribution < -0.4 is 0 Å². The molecule has 0 spiro atoms. The van der Waals surface area contributed by atoms with Gasteiger partial charge in [0.25, 0.3) is 0 Å². The van der Waals surface area contributed by atoms with Crippen LogP contribution in [0.2, 0.25) is 0 Å². The van der Waals surface area contributed by atoms with Gasteiger partial charge in [0.05, 0.1) is 6.61 Å². The van der Waals surface area contributed by atoms with Crippen LogP contribution in [0.1, 0.15) is 13.3 Å². The van der Waals surface area contributed by atoms with Gasteiger partial charge in [0.15, 0.2) is 0 Å². The van der Waals surface area contributed by atoms with E-state index in [0.29, 0.717) is 5.44 Å². The monoisotopic (exact) mass is 118 g/mol. The fourth-order valence-electron chi connectivity index (χ4n) is 0.385. The Morgan fingerprint density at radius 2 is 2.57 bits per heavy atom. The molecule has 1 unspecified atom stereocenters. The average Bonchev–Trinajstić information content (AvgIpc) is 2.42. The lowest BCUT2D eigenvalue weighted by atomic mass is 10.6. The van der Waals surface area contributed by atoms with Crippen molar-refractivity contribution in [2.24, 2.45) is 0 Å². The lowest BCUT2D eigenvalue weighted by Crippen LogP contribution is -1.77. The zero-order valence-corrected chi connectivity index (χ0v) is 5.33. The highest BCUT2D eigenvalue weighted by molar-refractivity contribution is 7.99. The second-order valence-electron chi connectivity index (χ2n) is 1.63. The predicted molar refractivity (Wildman–Crippen MR) is 32.5 cm³/mol. The standard InChI is InChI=1S/C5H10OS/c1-2-3-7-5-4-6-5/h5H,2-4H2,1H3. The van der Waals surface area contributed by atoms with E-state index in [4.69, 9.17) is 4.74 Å². The molecule has 1 aliphatic heterocycles. The normalized spacial score (nSPS) is 27.9. The molecule has 42 valence electrons. The van der Waals surface area contributed by atoms with E-state index in [9.17, 15) is 0 Å². The number of hydrogen-bond donors (Lipinski definition) is 0. The van der Waals surface area contributed by atoms with Crippen molar-refractivity contribution in [1.82, 2.24) is 0 Å². The molecule has 0 radical (unpaired) electrons. The first-order valence-electron chi connectivity index (χ1n) is 2.66. The zero-order valence-electron chi connectivity index (χ0n) is 4.52. The molecule has 1 saturated heterocycles. The van der Waals surface area contributed by atoms with Crippen LogP contribution in [-0.2, 0) is 4.74 Å². The SMILES string of the molecule is CCCSC1CO1. The van der Waals surface area contributed by atoms with Gasteiger partial charge in [-0.15, -0.1) is 11.8 Å². The van der Waals surface area contributed by atoms with Crippen molar-refractivity contribution in [3.05, 3.63) is 0 Å². The Bertz CT molecular complexity index is 52.0. The number of rotatable bonds is 3. The first-order valence-corrected chi connectivity index (χ1v) is 3.71. The zero-order chi connectivity index (χ0) is 5.11. The van der Waals surface area contributed by atoms with E-state index in [-0.39, 0.29) is 0 Å². The summed E-state index contributed by atoms with van der Waals surface area (Å²) in [6, 6.07) is 0. The first kappa shape index (κ1) is 5.45. The van der Waals surface area contributed by atoms with Gasteiger partial charge in [0.1, 0.15) is 5.44 Å². The summed E-state index contributed by atoms with van der Waals surface area (Å²) < 4.78 is 4.97. The van der Waals surface area contributed by atoms with Crippen molar-refractivity contribution < 1.29 is 4.74 Å². The molecule has 0 saturated carbocycles. The highest BCUT2D eigenvalue weighted by Gasteiger charge is 2.21. The third-order valence-corrected chi connectivity index (χ3v) is 2.10. The summed E-state index contributed by atoms with van der Waals surface area (Å²) in [7, 11) is 0. The molecular weight excluding hydrogens is 108 g/mol. The van der Waals surface area contributed by atoms with Gasteiger partial charge in [-0.25, -0.2) is 0 Å². The van der Waals surface area contributed by atoms with E-state index in [0.717, 1.165) is 6.61 Å². The molecule has 0 aromatic rings. The topological polar surface area (TPSA) is 12.5 Å². The molecule has 1 aliphatic rings. The number of hydrogen-bond acceptors (Lipinski definition) is 2. The molecular formula is C5H10OS. The Hall–Kier alpha value is 0.310. The summed E-state index contributed by atoms with van der Waals surface area (Å²) in [6.45, 7) is 3.18. The maximum absolute atomic E-state index is 4.97. The van der Waals surface area contributed by atoms with Gasteiger partial charge < -0.3 is 4.74 Å². The summed E-state index contributed by atoms with van der Waals surface area (Å²) in [6.07, 6.45) is 1.27. The Morgan fingerprint density at radius 1 is 1.86 bits per heavy atom. The van der Waals surface area contributed by atoms with Gasteiger partial charge in [-0.05, 0) is 12.2 Å². The number of ether oxygens (including phenoxy) is 1. The number of thioether (sulfide) groups is 1. The summed E-state index contributed by atoms with van der Waals surface area (Å²) in [4.78, 5) is 0. The van der Waals surface area contributed by atoms with Crippen molar-refractivity contribution in [3.63, 3.8) is 0 Å². The maximum atomic E-state index is 4.97. The summed E-state index contributed by atoms with van der Waals surface area (Å²) in [5.41, 5.74) is 0.569. The summed E-state index contributed by atoms with van der Waals surface area (Å²) in [5.74, 6) is 1.25. The van der Waals surface area contributed by atoms with Crippen LogP contribution in [-0.4, -0.2) is 17.8 Å². The van der Waals surface area contributed by atoms with Crippen molar-refractivity contribution in [2.45, 2.75) is 18.8 Å². The highest BCUT2D eigenvalue weighted by Crippen LogP contribution is 2.23. The van der Waals surface area contributed by atoms with E-state index < -0.39 is 0 Å². The summed E-state index contributed by atoms with van der Waals surface area (Å²) in [5, 5.41) is 0. The highest BCUT2D eigenvalue weighted by atomic mass is 32.2. The van der Waals surface area contributed by atoms with Crippen LogP contribution in [0.25, 0.3) is 0 Å². The van der Waals surface area contributed by atoms with Gasteiger partial charge in [0.2, 0.25) is 0 Å². The molecule has 0 aliphatic carbocycles. The molecule has 2 heteroatoms. The third-order valence-electron chi connectivity index (χ3n) is 0.811. The van der Waals surface area contributed by atoms with Crippen LogP contribution >= 0.6 is 11.8 Å². The fraction of sp³-hybridized carbons (Fsp3) is 1.00. The minimum Gasteiger partial charge on any atom is -0.362 e. The molecule has 7 heavy (non-hydrogen) atoms. The third kappa shape index (κ3) is 2.19. The van der Waals surface area contributed by atoms with Crippen LogP contribution in [0, 0.1) is 0 Å². The van der Waals surface area contributed by atoms with Crippen LogP contribution in [0.15, 0.2) is 0 Å². The average molecular weight is 118 g/mol. The van der Waals surface area contributed by atoms with E-state index in [1.54, 1.807) is 0 Å². The Kier molecular flexibility index (Phi) is 2.00. The Labute approximate surface area is 48.4 Å². The predicted octanol–water partition coefficient (Wildman–Crippen LogP) is 1.49. The van der Waals surface area contributed by atoms with E-state index >= 15 is 0 Å². The van der Waals surface area contributed by atoms with Gasteiger partial charge in [-0.1, -0.05) is 6.92 Å². The van der Waals surface area contributed by atoms with E-state index in [1.807, 2.05) is 11.8 Å². The Balaban J connectivity index is 1.80. The van der Waals surface area contributed by atoms with E-state index in [2.05, 4.69) is 6.92 Å². The Morgan fingerprint density at radius 3 is 3.00 bits per heavy atom. The fourth-order valence-corrected chi connectivity index (χ4v) is 1.15. The van der Waals surface area contributed by atoms with Gasteiger partial charge in [0, 0.05) is 0 Å². The quantitative estimate of drug-likeness (QED) is 0.520. The van der Waals surface area contributed by atoms with Gasteiger partial charge in [-0.3, -0.25) is 0 Å². The second kappa shape index (κ2) is 2.58. The maximum Gasteiger partial charge on any atom is 0.126 e. The number of epoxide rings is 1. The van der Waals surface area contributed by atoms with Crippen LogP contribution in [0.5, 0.6) is 0 Å². The molecule has 1 nitrogen and oxygen atoms in total. The van der Waals surface area contributed by atoms with Crippen molar-refractivity contribution in [3.8, 4) is 0 Å². The summed E-state index contributed by atoms with van der Waals surface area (Å²) >= 11 is 1.92. The lowest BCUT2D eigenvalue weighted by molar-refractivity contribution is 0.460. The lowest BCUT2D eigenvalue weighted by Gasteiger charge is -1.87. The van der Waals surface area contributed by atoms with Gasteiger partial charge >= 0.3 is 0 Å². The van der Waals surface area contributed by atoms with Crippen LogP contribution in [0.4, 0.5) is 0 Å². The second-order valence-corrected chi connectivity index (χ2v) is 2.90. The molecule has 1 atom stereocenters. The molecule has 0 aromatic carbocycles. The van der Waals surface area contributed by atoms with Gasteiger partial charge in [-0.2, -0.15) is 0 Å². The van der Waals surface area contributed by atoms with Crippen LogP contribution in [0.3, 0.4) is 0 Å². The molecule has 1 rings (SSSR count). The largest absolute Gasteiger partial charge is 0.362 e. The smallest absolute Gasteiger partial charge is 0.126 e. The van der Waals surface area contributed by atoms with E-state index in [1.165, 1.54) is 12.2 Å². The van der Waals surface area contributed by atoms with Crippen molar-refractivity contribution >= 4 is 11.8 Å². The van der Waals surface area contributed by atoms with Crippen molar-refractivity contribution in [1.29, 1.82) is 0 Å². The molecule has 0 N–H and O–H groups in total.